The first kappa shape index (κ1) is 16.8. The number of benzene rings is 2. The van der Waals surface area contributed by atoms with Gasteiger partial charge in [-0.3, -0.25) is 9.59 Å². The average molecular weight is 333 g/mol. The minimum Gasteiger partial charge on any atom is -0.493 e. The maximum atomic E-state index is 11.8. The van der Waals surface area contributed by atoms with Crippen LogP contribution in [0.5, 0.6) is 5.75 Å². The van der Waals surface area contributed by atoms with E-state index in [9.17, 15) is 9.59 Å². The van der Waals surface area contributed by atoms with Crippen molar-refractivity contribution in [1.82, 2.24) is 0 Å². The number of hydrogen-bond acceptors (Lipinski definition) is 3. The number of hydrogen-bond donors (Lipinski definition) is 2. The van der Waals surface area contributed by atoms with Gasteiger partial charge in [-0.2, -0.15) is 0 Å². The highest BCUT2D eigenvalue weighted by Crippen LogP contribution is 2.16. The Morgan fingerprint density at radius 2 is 1.52 bits per heavy atom. The van der Waals surface area contributed by atoms with Crippen molar-refractivity contribution in [3.8, 4) is 5.75 Å². The third kappa shape index (κ3) is 6.00. The maximum Gasteiger partial charge on any atom is 0.227 e. The fourth-order valence-corrected chi connectivity index (χ4v) is 1.98. The Balaban J connectivity index is 1.76. The summed E-state index contributed by atoms with van der Waals surface area (Å²) in [6.07, 6.45) is 0.232. The molecule has 5 nitrogen and oxygen atoms in total. The second-order valence-corrected chi connectivity index (χ2v) is 5.30. The highest BCUT2D eigenvalue weighted by molar-refractivity contribution is 6.30. The standard InChI is InChI=1S/C17H17ClN2O3/c1-12(21)19-14-4-6-15(7-5-14)20-17(22)10-11-23-16-8-2-13(18)3-9-16/h2-9H,10-11H2,1H3,(H,19,21)(H,20,22). The third-order valence-corrected chi connectivity index (χ3v) is 3.15. The predicted octanol–water partition coefficient (Wildman–Crippen LogP) is 3.71. The molecule has 120 valence electrons. The predicted molar refractivity (Wildman–Crippen MR) is 90.9 cm³/mol. The molecule has 2 aromatic carbocycles. The molecule has 0 aliphatic carbocycles. The van der Waals surface area contributed by atoms with Gasteiger partial charge in [0, 0.05) is 23.3 Å². The molecule has 2 rings (SSSR count). The molecule has 0 aliphatic heterocycles. The minimum atomic E-state index is -0.147. The van der Waals surface area contributed by atoms with E-state index < -0.39 is 0 Å². The lowest BCUT2D eigenvalue weighted by Gasteiger charge is -2.08. The van der Waals surface area contributed by atoms with E-state index in [1.165, 1.54) is 6.92 Å². The number of amides is 2. The molecular weight excluding hydrogens is 316 g/mol. The van der Waals surface area contributed by atoms with Gasteiger partial charge >= 0.3 is 0 Å². The molecule has 2 N–H and O–H groups in total. The Kier molecular flexibility index (Phi) is 6.00. The van der Waals surface area contributed by atoms with E-state index in [-0.39, 0.29) is 24.8 Å². The summed E-state index contributed by atoms with van der Waals surface area (Å²) in [5.41, 5.74) is 1.34. The fourth-order valence-electron chi connectivity index (χ4n) is 1.86. The van der Waals surface area contributed by atoms with Crippen LogP contribution in [0.1, 0.15) is 13.3 Å². The van der Waals surface area contributed by atoms with Gasteiger partial charge in [0.2, 0.25) is 11.8 Å². The van der Waals surface area contributed by atoms with Gasteiger partial charge in [-0.25, -0.2) is 0 Å². The van der Waals surface area contributed by atoms with E-state index in [0.717, 1.165) is 0 Å². The molecule has 0 unspecified atom stereocenters. The topological polar surface area (TPSA) is 67.4 Å². The van der Waals surface area contributed by atoms with E-state index >= 15 is 0 Å². The number of halogens is 1. The fraction of sp³-hybridized carbons (Fsp3) is 0.176. The van der Waals surface area contributed by atoms with Gasteiger partial charge in [0.25, 0.3) is 0 Å². The normalized spacial score (nSPS) is 10.0. The van der Waals surface area contributed by atoms with Crippen molar-refractivity contribution in [2.24, 2.45) is 0 Å². The second kappa shape index (κ2) is 8.19. The molecule has 2 amide bonds. The SMILES string of the molecule is CC(=O)Nc1ccc(NC(=O)CCOc2ccc(Cl)cc2)cc1. The van der Waals surface area contributed by atoms with Crippen LogP contribution in [0.4, 0.5) is 11.4 Å². The highest BCUT2D eigenvalue weighted by Gasteiger charge is 2.04. The van der Waals surface area contributed by atoms with Crippen molar-refractivity contribution in [2.45, 2.75) is 13.3 Å². The van der Waals surface area contributed by atoms with E-state index in [2.05, 4.69) is 10.6 Å². The van der Waals surface area contributed by atoms with Crippen LogP contribution in [0.25, 0.3) is 0 Å². The van der Waals surface area contributed by atoms with Crippen molar-refractivity contribution in [3.05, 3.63) is 53.6 Å². The van der Waals surface area contributed by atoms with Crippen LogP contribution in [0.3, 0.4) is 0 Å². The van der Waals surface area contributed by atoms with Gasteiger partial charge in [-0.15, -0.1) is 0 Å². The molecule has 0 aliphatic rings. The molecule has 0 saturated heterocycles. The molecule has 2 aromatic rings. The van der Waals surface area contributed by atoms with Crippen LogP contribution in [0, 0.1) is 0 Å². The summed E-state index contributed by atoms with van der Waals surface area (Å²) in [6, 6.07) is 13.9. The van der Waals surface area contributed by atoms with Crippen LogP contribution in [-0.4, -0.2) is 18.4 Å². The summed E-state index contributed by atoms with van der Waals surface area (Å²) in [4.78, 5) is 22.8. The number of nitrogens with one attached hydrogen (secondary N) is 2. The van der Waals surface area contributed by atoms with Gasteiger partial charge in [-0.05, 0) is 48.5 Å². The smallest absolute Gasteiger partial charge is 0.227 e. The van der Waals surface area contributed by atoms with E-state index in [1.54, 1.807) is 48.5 Å². The lowest BCUT2D eigenvalue weighted by Crippen LogP contribution is -2.15. The zero-order chi connectivity index (χ0) is 16.7. The van der Waals surface area contributed by atoms with Gasteiger partial charge in [0.15, 0.2) is 0 Å². The molecule has 0 aromatic heterocycles. The summed E-state index contributed by atoms with van der Waals surface area (Å²) in [5, 5.41) is 6.06. The molecular formula is C17H17ClN2O3. The van der Waals surface area contributed by atoms with E-state index in [1.807, 2.05) is 0 Å². The Morgan fingerprint density at radius 3 is 2.09 bits per heavy atom. The van der Waals surface area contributed by atoms with Crippen LogP contribution >= 0.6 is 11.6 Å². The second-order valence-electron chi connectivity index (χ2n) is 4.86. The summed E-state index contributed by atoms with van der Waals surface area (Å²) in [6.45, 7) is 1.72. The van der Waals surface area contributed by atoms with Gasteiger partial charge in [-0.1, -0.05) is 11.6 Å². The lowest BCUT2D eigenvalue weighted by atomic mass is 10.2. The number of ether oxygens (including phenoxy) is 1. The van der Waals surface area contributed by atoms with Crippen molar-refractivity contribution in [1.29, 1.82) is 0 Å². The first-order chi connectivity index (χ1) is 11.0. The molecule has 0 bridgehead atoms. The van der Waals surface area contributed by atoms with Gasteiger partial charge in [0.05, 0.1) is 13.0 Å². The van der Waals surface area contributed by atoms with Crippen LogP contribution in [0.2, 0.25) is 5.02 Å². The average Bonchev–Trinajstić information content (AvgIpc) is 2.51. The van der Waals surface area contributed by atoms with Crippen molar-refractivity contribution in [3.63, 3.8) is 0 Å². The first-order valence-corrected chi connectivity index (χ1v) is 7.46. The summed E-state index contributed by atoms with van der Waals surface area (Å²) < 4.78 is 5.47. The quantitative estimate of drug-likeness (QED) is 0.847. The molecule has 0 saturated carbocycles. The Morgan fingerprint density at radius 1 is 0.957 bits per heavy atom. The van der Waals surface area contributed by atoms with Gasteiger partial charge in [0.1, 0.15) is 5.75 Å². The van der Waals surface area contributed by atoms with Crippen LogP contribution < -0.4 is 15.4 Å². The van der Waals surface area contributed by atoms with Crippen molar-refractivity contribution >= 4 is 34.8 Å². The zero-order valence-electron chi connectivity index (χ0n) is 12.6. The number of carbonyl (C=O) groups is 2. The van der Waals surface area contributed by atoms with Crippen LogP contribution in [-0.2, 0) is 9.59 Å². The summed E-state index contributed by atoms with van der Waals surface area (Å²) in [7, 11) is 0. The minimum absolute atomic E-state index is 0.138. The monoisotopic (exact) mass is 332 g/mol. The highest BCUT2D eigenvalue weighted by atomic mass is 35.5. The molecule has 23 heavy (non-hydrogen) atoms. The number of carbonyl (C=O) groups excluding carboxylic acids is 2. The Hall–Kier alpha value is -2.53. The van der Waals surface area contributed by atoms with E-state index in [4.69, 9.17) is 16.3 Å². The Labute approximate surface area is 139 Å². The molecule has 0 fully saturated rings. The van der Waals surface area contributed by atoms with E-state index in [0.29, 0.717) is 22.1 Å². The summed E-state index contributed by atoms with van der Waals surface area (Å²) >= 11 is 5.78. The molecule has 0 radical (unpaired) electrons. The first-order valence-electron chi connectivity index (χ1n) is 7.09. The maximum absolute atomic E-state index is 11.8. The van der Waals surface area contributed by atoms with Crippen molar-refractivity contribution < 1.29 is 14.3 Å². The van der Waals surface area contributed by atoms with Gasteiger partial charge < -0.3 is 15.4 Å². The number of rotatable bonds is 6. The third-order valence-electron chi connectivity index (χ3n) is 2.90. The van der Waals surface area contributed by atoms with Crippen LogP contribution in [0.15, 0.2) is 48.5 Å². The molecule has 0 atom stereocenters. The summed E-state index contributed by atoms with van der Waals surface area (Å²) in [5.74, 6) is 0.384. The molecule has 0 heterocycles. The molecule has 0 spiro atoms. The van der Waals surface area contributed by atoms with Crippen molar-refractivity contribution in [2.75, 3.05) is 17.2 Å². The zero-order valence-corrected chi connectivity index (χ0v) is 13.4. The Bertz CT molecular complexity index is 669. The number of anilines is 2. The lowest BCUT2D eigenvalue weighted by molar-refractivity contribution is -0.116. The largest absolute Gasteiger partial charge is 0.493 e. The molecule has 6 heteroatoms.